The maximum absolute atomic E-state index is 13.2. The van der Waals surface area contributed by atoms with Crippen molar-refractivity contribution in [1.29, 1.82) is 0 Å². The van der Waals surface area contributed by atoms with Crippen molar-refractivity contribution in [2.45, 2.75) is 6.54 Å². The lowest BCUT2D eigenvalue weighted by Gasteiger charge is -2.12. The highest BCUT2D eigenvalue weighted by Crippen LogP contribution is 2.26. The Hall–Kier alpha value is -4.40. The van der Waals surface area contributed by atoms with Gasteiger partial charge < -0.3 is 19.7 Å². The van der Waals surface area contributed by atoms with Gasteiger partial charge in [-0.05, 0) is 35.7 Å². The molecule has 5 aromatic rings. The van der Waals surface area contributed by atoms with Crippen LogP contribution in [0.2, 0.25) is 0 Å². The van der Waals surface area contributed by atoms with Gasteiger partial charge in [-0.1, -0.05) is 17.3 Å². The Morgan fingerprint density at radius 3 is 2.87 bits per heavy atom. The molecular weight excluding hydrogens is 396 g/mol. The third-order valence-electron chi connectivity index (χ3n) is 5.05. The zero-order valence-corrected chi connectivity index (χ0v) is 16.6. The number of aromatic nitrogens is 4. The van der Waals surface area contributed by atoms with Crippen LogP contribution < -0.4 is 16.2 Å². The summed E-state index contributed by atoms with van der Waals surface area (Å²) in [6, 6.07) is 14.8. The van der Waals surface area contributed by atoms with Crippen LogP contribution in [0.4, 0.5) is 17.2 Å². The number of aryl methyl sites for hydroxylation is 1. The molecule has 0 atom stereocenters. The fourth-order valence-electron chi connectivity index (χ4n) is 3.57. The maximum atomic E-state index is 13.2. The summed E-state index contributed by atoms with van der Waals surface area (Å²) in [4.78, 5) is 25.5. The molecule has 154 valence electrons. The standard InChI is InChI=1S/C22H18N6O3/c1-27-18-6-5-16(11-15(18)12-23-27)24-17-4-2-3-14-7-9-28(22(30)21(14)17)13-20(29)25-19-8-10-31-26-19/h2-12,24H,13H2,1H3,(H,25,26,29). The largest absolute Gasteiger partial charge is 0.363 e. The quantitative estimate of drug-likeness (QED) is 0.457. The molecule has 0 aliphatic carbocycles. The molecule has 0 unspecified atom stereocenters. The van der Waals surface area contributed by atoms with E-state index in [2.05, 4.69) is 20.9 Å². The normalized spacial score (nSPS) is 11.1. The molecule has 3 aromatic heterocycles. The van der Waals surface area contributed by atoms with Crippen molar-refractivity contribution in [2.24, 2.45) is 7.05 Å². The Morgan fingerprint density at radius 2 is 2.03 bits per heavy atom. The van der Waals surface area contributed by atoms with Gasteiger partial charge in [-0.15, -0.1) is 0 Å². The molecule has 9 heteroatoms. The van der Waals surface area contributed by atoms with Gasteiger partial charge in [-0.2, -0.15) is 5.10 Å². The van der Waals surface area contributed by atoms with E-state index >= 15 is 0 Å². The van der Waals surface area contributed by atoms with Crippen LogP contribution in [-0.2, 0) is 18.4 Å². The second kappa shape index (κ2) is 7.45. The number of carbonyl (C=O) groups excluding carboxylic acids is 1. The van der Waals surface area contributed by atoms with E-state index in [1.54, 1.807) is 17.1 Å². The van der Waals surface area contributed by atoms with Crippen LogP contribution in [0.25, 0.3) is 21.7 Å². The lowest BCUT2D eigenvalue weighted by molar-refractivity contribution is -0.116. The lowest BCUT2D eigenvalue weighted by atomic mass is 10.1. The van der Waals surface area contributed by atoms with E-state index in [0.29, 0.717) is 16.9 Å². The molecule has 0 saturated heterocycles. The van der Waals surface area contributed by atoms with Gasteiger partial charge in [0.25, 0.3) is 5.56 Å². The van der Waals surface area contributed by atoms with Crippen molar-refractivity contribution in [1.82, 2.24) is 19.5 Å². The number of pyridine rings is 1. The number of nitrogens with zero attached hydrogens (tertiary/aromatic N) is 4. The Labute approximate surface area is 175 Å². The Morgan fingerprint density at radius 1 is 1.13 bits per heavy atom. The zero-order valence-electron chi connectivity index (χ0n) is 16.6. The average molecular weight is 414 g/mol. The van der Waals surface area contributed by atoms with Gasteiger partial charge in [0.2, 0.25) is 5.91 Å². The summed E-state index contributed by atoms with van der Waals surface area (Å²) in [5, 5.41) is 16.1. The molecule has 31 heavy (non-hydrogen) atoms. The minimum Gasteiger partial charge on any atom is -0.363 e. The number of benzene rings is 2. The van der Waals surface area contributed by atoms with E-state index in [1.165, 1.54) is 16.9 Å². The first-order chi connectivity index (χ1) is 15.1. The van der Waals surface area contributed by atoms with Gasteiger partial charge in [-0.25, -0.2) is 0 Å². The lowest BCUT2D eigenvalue weighted by Crippen LogP contribution is -2.27. The fraction of sp³-hybridized carbons (Fsp3) is 0.0909. The van der Waals surface area contributed by atoms with Gasteiger partial charge in [0.15, 0.2) is 5.82 Å². The molecule has 5 rings (SSSR count). The van der Waals surface area contributed by atoms with Crippen molar-refractivity contribution >= 4 is 44.8 Å². The number of hydrogen-bond donors (Lipinski definition) is 2. The van der Waals surface area contributed by atoms with Gasteiger partial charge in [0, 0.05) is 30.4 Å². The second-order valence-electron chi connectivity index (χ2n) is 7.12. The smallest absolute Gasteiger partial charge is 0.261 e. The van der Waals surface area contributed by atoms with Gasteiger partial charge in [0.1, 0.15) is 12.8 Å². The van der Waals surface area contributed by atoms with Gasteiger partial charge in [0.05, 0.1) is 22.8 Å². The van der Waals surface area contributed by atoms with E-state index in [1.807, 2.05) is 49.5 Å². The molecule has 0 aliphatic rings. The molecule has 0 radical (unpaired) electrons. The predicted molar refractivity (Wildman–Crippen MR) is 117 cm³/mol. The SMILES string of the molecule is Cn1ncc2cc(Nc3cccc4ccn(CC(=O)Nc5ccon5)c(=O)c34)ccc21. The number of anilines is 3. The minimum atomic E-state index is -0.372. The first-order valence-electron chi connectivity index (χ1n) is 9.60. The molecule has 9 nitrogen and oxygen atoms in total. The molecule has 2 aromatic carbocycles. The molecule has 0 spiro atoms. The summed E-state index contributed by atoms with van der Waals surface area (Å²) in [6.07, 6.45) is 4.77. The molecule has 1 amide bonds. The topological polar surface area (TPSA) is 107 Å². The highest BCUT2D eigenvalue weighted by Gasteiger charge is 2.12. The highest BCUT2D eigenvalue weighted by molar-refractivity contribution is 5.96. The summed E-state index contributed by atoms with van der Waals surface area (Å²) < 4.78 is 7.87. The van der Waals surface area contributed by atoms with E-state index in [-0.39, 0.29) is 18.0 Å². The fourth-order valence-corrected chi connectivity index (χ4v) is 3.57. The predicted octanol–water partition coefficient (Wildman–Crippen LogP) is 3.26. The number of fused-ring (bicyclic) bond motifs is 2. The molecule has 0 fully saturated rings. The highest BCUT2D eigenvalue weighted by atomic mass is 16.5. The zero-order chi connectivity index (χ0) is 21.4. The Bertz CT molecular complexity index is 1470. The summed E-state index contributed by atoms with van der Waals surface area (Å²) in [7, 11) is 1.89. The van der Waals surface area contributed by atoms with Crippen LogP contribution in [0.5, 0.6) is 0 Å². The number of amides is 1. The van der Waals surface area contributed by atoms with Crippen molar-refractivity contribution in [3.63, 3.8) is 0 Å². The maximum Gasteiger partial charge on any atom is 0.261 e. The summed E-state index contributed by atoms with van der Waals surface area (Å²) in [5.74, 6) is -0.0743. The van der Waals surface area contributed by atoms with Crippen LogP contribution in [0.15, 0.2) is 76.5 Å². The third kappa shape index (κ3) is 3.52. The molecule has 0 bridgehead atoms. The van der Waals surface area contributed by atoms with Crippen molar-refractivity contribution in [3.8, 4) is 0 Å². The number of carbonyl (C=O) groups is 1. The van der Waals surface area contributed by atoms with Crippen LogP contribution in [0.3, 0.4) is 0 Å². The van der Waals surface area contributed by atoms with Gasteiger partial charge >= 0.3 is 0 Å². The molecule has 3 heterocycles. The van der Waals surface area contributed by atoms with Crippen LogP contribution in [0, 0.1) is 0 Å². The van der Waals surface area contributed by atoms with Crippen LogP contribution in [0.1, 0.15) is 0 Å². The second-order valence-corrected chi connectivity index (χ2v) is 7.12. The summed E-state index contributed by atoms with van der Waals surface area (Å²) in [6.45, 7) is -0.141. The van der Waals surface area contributed by atoms with Gasteiger partial charge in [-0.3, -0.25) is 14.3 Å². The van der Waals surface area contributed by atoms with Crippen molar-refractivity contribution in [2.75, 3.05) is 10.6 Å². The Kier molecular flexibility index (Phi) is 4.47. The molecule has 0 aliphatic heterocycles. The minimum absolute atomic E-state index is 0.141. The Balaban J connectivity index is 1.48. The molecule has 0 saturated carbocycles. The van der Waals surface area contributed by atoms with Crippen LogP contribution >= 0.6 is 0 Å². The number of nitrogens with one attached hydrogen (secondary N) is 2. The van der Waals surface area contributed by atoms with Crippen LogP contribution in [-0.4, -0.2) is 25.4 Å². The first kappa shape index (κ1) is 18.6. The summed E-state index contributed by atoms with van der Waals surface area (Å²) >= 11 is 0. The average Bonchev–Trinajstić information content (AvgIpc) is 3.40. The van der Waals surface area contributed by atoms with E-state index < -0.39 is 0 Å². The summed E-state index contributed by atoms with van der Waals surface area (Å²) in [5.41, 5.74) is 2.26. The van der Waals surface area contributed by atoms with E-state index in [9.17, 15) is 9.59 Å². The van der Waals surface area contributed by atoms with E-state index in [4.69, 9.17) is 4.52 Å². The monoisotopic (exact) mass is 414 g/mol. The number of rotatable bonds is 5. The van der Waals surface area contributed by atoms with E-state index in [0.717, 1.165) is 22.0 Å². The van der Waals surface area contributed by atoms with Crippen molar-refractivity contribution in [3.05, 3.63) is 77.5 Å². The molecular formula is C22H18N6O3. The van der Waals surface area contributed by atoms with Crippen molar-refractivity contribution < 1.29 is 9.32 Å². The molecule has 2 N–H and O–H groups in total. The first-order valence-corrected chi connectivity index (χ1v) is 9.60. The number of hydrogen-bond acceptors (Lipinski definition) is 6. The third-order valence-corrected chi connectivity index (χ3v) is 5.05.